The summed E-state index contributed by atoms with van der Waals surface area (Å²) < 4.78 is 0. The molecule has 0 aliphatic heterocycles. The Labute approximate surface area is 126 Å². The minimum Gasteiger partial charge on any atom is -0.352 e. The molecule has 1 atom stereocenters. The Bertz CT molecular complexity index is 500. The fourth-order valence-corrected chi connectivity index (χ4v) is 1.87. The fraction of sp³-hybridized carbons (Fsp3) is 0.500. The summed E-state index contributed by atoms with van der Waals surface area (Å²) in [4.78, 5) is 23.7. The third-order valence-electron chi connectivity index (χ3n) is 3.38. The normalized spacial score (nSPS) is 11.8. The number of nitrogens with one attached hydrogen (secondary N) is 2. The van der Waals surface area contributed by atoms with Crippen LogP contribution in [0.5, 0.6) is 0 Å². The lowest BCUT2D eigenvalue weighted by Crippen LogP contribution is -2.23. The Morgan fingerprint density at radius 3 is 2.67 bits per heavy atom. The van der Waals surface area contributed by atoms with Crippen LogP contribution in [-0.4, -0.2) is 24.9 Å². The predicted molar refractivity (Wildman–Crippen MR) is 85.3 cm³/mol. The Morgan fingerprint density at radius 1 is 1.33 bits per heavy atom. The van der Waals surface area contributed by atoms with Crippen molar-refractivity contribution < 1.29 is 9.59 Å². The van der Waals surface area contributed by atoms with E-state index in [-0.39, 0.29) is 11.8 Å². The van der Waals surface area contributed by atoms with Crippen LogP contribution < -0.4 is 16.4 Å². The smallest absolute Gasteiger partial charge is 0.251 e. The van der Waals surface area contributed by atoms with E-state index in [4.69, 9.17) is 5.73 Å². The number of hydrogen-bond acceptors (Lipinski definition) is 3. The van der Waals surface area contributed by atoms with Crippen LogP contribution in [0.3, 0.4) is 0 Å². The van der Waals surface area contributed by atoms with Gasteiger partial charge in [0.2, 0.25) is 5.91 Å². The summed E-state index contributed by atoms with van der Waals surface area (Å²) in [7, 11) is 0. The van der Waals surface area contributed by atoms with E-state index in [2.05, 4.69) is 10.6 Å². The van der Waals surface area contributed by atoms with Crippen molar-refractivity contribution in [3.8, 4) is 0 Å². The quantitative estimate of drug-likeness (QED) is 0.719. The molecular weight excluding hydrogens is 266 g/mol. The molecule has 4 N–H and O–H groups in total. The minimum atomic E-state index is -0.134. The van der Waals surface area contributed by atoms with E-state index < -0.39 is 0 Å². The van der Waals surface area contributed by atoms with E-state index in [9.17, 15) is 9.59 Å². The molecule has 0 radical (unpaired) electrons. The maximum Gasteiger partial charge on any atom is 0.251 e. The third kappa shape index (κ3) is 5.55. The average molecular weight is 291 g/mol. The van der Waals surface area contributed by atoms with Crippen LogP contribution in [0.1, 0.15) is 42.6 Å². The van der Waals surface area contributed by atoms with E-state index in [0.717, 1.165) is 12.0 Å². The number of anilines is 1. The zero-order valence-electron chi connectivity index (χ0n) is 13.0. The third-order valence-corrected chi connectivity index (χ3v) is 3.38. The molecule has 0 saturated heterocycles. The Kier molecular flexibility index (Phi) is 6.88. The molecule has 0 saturated carbocycles. The van der Waals surface area contributed by atoms with Crippen LogP contribution in [0.15, 0.2) is 18.2 Å². The molecule has 0 aliphatic rings. The molecule has 116 valence electrons. The van der Waals surface area contributed by atoms with Crippen LogP contribution in [0.25, 0.3) is 0 Å². The van der Waals surface area contributed by atoms with Crippen LogP contribution >= 0.6 is 0 Å². The average Bonchev–Trinajstić information content (AvgIpc) is 2.47. The second kappa shape index (κ2) is 8.42. The van der Waals surface area contributed by atoms with Crippen LogP contribution in [0, 0.1) is 12.8 Å². The Morgan fingerprint density at radius 2 is 2.05 bits per heavy atom. The minimum absolute atomic E-state index is 0.0496. The number of rotatable bonds is 7. The van der Waals surface area contributed by atoms with E-state index in [1.165, 1.54) is 0 Å². The predicted octanol–water partition coefficient (Wildman–Crippen LogP) is 2.06. The fourth-order valence-electron chi connectivity index (χ4n) is 1.87. The molecule has 2 amide bonds. The number of amides is 2. The van der Waals surface area contributed by atoms with Gasteiger partial charge in [-0.1, -0.05) is 13.0 Å². The molecule has 1 aromatic carbocycles. The van der Waals surface area contributed by atoms with Gasteiger partial charge >= 0.3 is 0 Å². The van der Waals surface area contributed by atoms with Crippen LogP contribution in [-0.2, 0) is 4.79 Å². The zero-order chi connectivity index (χ0) is 15.8. The first-order valence-corrected chi connectivity index (χ1v) is 7.36. The molecule has 0 heterocycles. The van der Waals surface area contributed by atoms with Crippen molar-refractivity contribution >= 4 is 17.5 Å². The lowest BCUT2D eigenvalue weighted by atomic mass is 10.1. The number of benzene rings is 1. The summed E-state index contributed by atoms with van der Waals surface area (Å²) >= 11 is 0. The van der Waals surface area contributed by atoms with Crippen molar-refractivity contribution in [1.29, 1.82) is 0 Å². The Balaban J connectivity index is 2.71. The number of carbonyl (C=O) groups excluding carboxylic acids is 2. The summed E-state index contributed by atoms with van der Waals surface area (Å²) in [6.07, 6.45) is 1.20. The molecule has 0 bridgehead atoms. The van der Waals surface area contributed by atoms with Crippen LogP contribution in [0.4, 0.5) is 5.69 Å². The van der Waals surface area contributed by atoms with Gasteiger partial charge in [-0.2, -0.15) is 0 Å². The molecule has 21 heavy (non-hydrogen) atoms. The molecule has 0 aromatic heterocycles. The Hall–Kier alpha value is -1.88. The highest BCUT2D eigenvalue weighted by molar-refractivity contribution is 5.97. The van der Waals surface area contributed by atoms with Crippen molar-refractivity contribution in [2.45, 2.75) is 33.6 Å². The van der Waals surface area contributed by atoms with Gasteiger partial charge in [-0.15, -0.1) is 0 Å². The van der Waals surface area contributed by atoms with Gasteiger partial charge in [-0.05, 0) is 50.4 Å². The van der Waals surface area contributed by atoms with E-state index >= 15 is 0 Å². The van der Waals surface area contributed by atoms with E-state index in [0.29, 0.717) is 36.7 Å². The van der Waals surface area contributed by atoms with Crippen LogP contribution in [0.2, 0.25) is 0 Å². The molecule has 1 aromatic rings. The highest BCUT2D eigenvalue weighted by Crippen LogP contribution is 2.18. The molecule has 5 nitrogen and oxygen atoms in total. The molecule has 0 fully saturated rings. The van der Waals surface area contributed by atoms with E-state index in [1.54, 1.807) is 12.1 Å². The van der Waals surface area contributed by atoms with Gasteiger partial charge in [-0.25, -0.2) is 0 Å². The van der Waals surface area contributed by atoms with Gasteiger partial charge in [0, 0.05) is 24.2 Å². The van der Waals surface area contributed by atoms with Gasteiger partial charge in [0.15, 0.2) is 0 Å². The number of carbonyl (C=O) groups is 2. The first-order chi connectivity index (χ1) is 9.97. The topological polar surface area (TPSA) is 84.2 Å². The molecule has 5 heteroatoms. The molecular formula is C16H25N3O2. The summed E-state index contributed by atoms with van der Waals surface area (Å²) in [6.45, 7) is 6.95. The second-order valence-electron chi connectivity index (χ2n) is 5.32. The maximum absolute atomic E-state index is 11.9. The first-order valence-electron chi connectivity index (χ1n) is 7.36. The van der Waals surface area contributed by atoms with Gasteiger partial charge in [0.25, 0.3) is 5.91 Å². The molecule has 0 spiro atoms. The van der Waals surface area contributed by atoms with Crippen molar-refractivity contribution in [1.82, 2.24) is 5.32 Å². The number of aryl methyl sites for hydroxylation is 1. The summed E-state index contributed by atoms with van der Waals surface area (Å²) in [5.41, 5.74) is 7.71. The first kappa shape index (κ1) is 17.2. The lowest BCUT2D eigenvalue weighted by Gasteiger charge is -2.12. The van der Waals surface area contributed by atoms with Crippen molar-refractivity contribution in [2.75, 3.05) is 18.4 Å². The number of hydrogen-bond donors (Lipinski definition) is 3. The number of nitrogens with two attached hydrogens (primary N) is 1. The molecule has 1 rings (SSSR count). The highest BCUT2D eigenvalue weighted by atomic mass is 16.2. The van der Waals surface area contributed by atoms with Crippen molar-refractivity contribution in [3.05, 3.63) is 29.3 Å². The second-order valence-corrected chi connectivity index (χ2v) is 5.32. The molecule has 0 aliphatic carbocycles. The molecule has 1 unspecified atom stereocenters. The maximum atomic E-state index is 11.9. The highest BCUT2D eigenvalue weighted by Gasteiger charge is 2.10. The van der Waals surface area contributed by atoms with Crippen molar-refractivity contribution in [3.63, 3.8) is 0 Å². The largest absolute Gasteiger partial charge is 0.352 e. The summed E-state index contributed by atoms with van der Waals surface area (Å²) in [6, 6.07) is 5.31. The SMILES string of the molecule is CCNC(=O)c1ccc(C)c(NC(=O)CCC(C)CN)c1. The van der Waals surface area contributed by atoms with Gasteiger partial charge < -0.3 is 16.4 Å². The summed E-state index contributed by atoms with van der Waals surface area (Å²) in [5.74, 6) is 0.148. The standard InChI is InChI=1S/C16H25N3O2/c1-4-18-16(21)13-7-6-12(3)14(9-13)19-15(20)8-5-11(2)10-17/h6-7,9,11H,4-5,8,10,17H2,1-3H3,(H,18,21)(H,19,20). The van der Waals surface area contributed by atoms with Crippen molar-refractivity contribution in [2.24, 2.45) is 11.7 Å². The lowest BCUT2D eigenvalue weighted by molar-refractivity contribution is -0.116. The van der Waals surface area contributed by atoms with Gasteiger partial charge in [0.05, 0.1) is 0 Å². The monoisotopic (exact) mass is 291 g/mol. The zero-order valence-corrected chi connectivity index (χ0v) is 13.0. The summed E-state index contributed by atoms with van der Waals surface area (Å²) in [5, 5.41) is 5.61. The van der Waals surface area contributed by atoms with Gasteiger partial charge in [-0.3, -0.25) is 9.59 Å². The van der Waals surface area contributed by atoms with Gasteiger partial charge in [0.1, 0.15) is 0 Å². The van der Waals surface area contributed by atoms with E-state index in [1.807, 2.05) is 26.8 Å².